The van der Waals surface area contributed by atoms with Gasteiger partial charge in [-0.15, -0.1) is 0 Å². The second-order valence-corrected chi connectivity index (χ2v) is 8.46. The molecule has 0 bridgehead atoms. The lowest BCUT2D eigenvalue weighted by Gasteiger charge is -2.28. The number of nitrogens with zero attached hydrogens (tertiary/aromatic N) is 1. The van der Waals surface area contributed by atoms with Crippen molar-refractivity contribution in [1.82, 2.24) is 4.90 Å². The van der Waals surface area contributed by atoms with E-state index in [4.69, 9.17) is 0 Å². The number of carbonyl (C=O) groups excluding carboxylic acids is 1. The number of aryl methyl sites for hydroxylation is 2. The minimum atomic E-state index is -3.13. The van der Waals surface area contributed by atoms with Gasteiger partial charge in [-0.3, -0.25) is 9.69 Å². The molecular weight excluding hydrogens is 300 g/mol. The molecule has 1 aromatic rings. The summed E-state index contributed by atoms with van der Waals surface area (Å²) in [6.45, 7) is 7.54. The van der Waals surface area contributed by atoms with Crippen molar-refractivity contribution in [3.63, 3.8) is 0 Å². The van der Waals surface area contributed by atoms with Crippen LogP contribution in [0.4, 0.5) is 5.69 Å². The summed E-state index contributed by atoms with van der Waals surface area (Å²) in [5, 5.41) is 2.36. The SMILES string of the molecule is Cc1ccc(C)c(NC(=O)CN(C)[C@@H](C)[C@H](C)S(C)(=O)=O)c1. The maximum absolute atomic E-state index is 12.2. The van der Waals surface area contributed by atoms with Crippen molar-refractivity contribution in [2.75, 3.05) is 25.2 Å². The minimum absolute atomic E-state index is 0.147. The number of hydrogen-bond acceptors (Lipinski definition) is 4. The summed E-state index contributed by atoms with van der Waals surface area (Å²) in [6, 6.07) is 5.64. The average molecular weight is 326 g/mol. The molecule has 1 N–H and O–H groups in total. The van der Waals surface area contributed by atoms with E-state index >= 15 is 0 Å². The molecule has 2 atom stereocenters. The zero-order valence-electron chi connectivity index (χ0n) is 14.2. The lowest BCUT2D eigenvalue weighted by atomic mass is 10.1. The fourth-order valence-electron chi connectivity index (χ4n) is 2.15. The molecule has 1 aromatic carbocycles. The summed E-state index contributed by atoms with van der Waals surface area (Å²) < 4.78 is 23.2. The largest absolute Gasteiger partial charge is 0.325 e. The first kappa shape index (κ1) is 18.6. The van der Waals surface area contributed by atoms with Crippen LogP contribution >= 0.6 is 0 Å². The van der Waals surface area contributed by atoms with Crippen LogP contribution in [0.2, 0.25) is 0 Å². The summed E-state index contributed by atoms with van der Waals surface area (Å²) in [7, 11) is -1.37. The lowest BCUT2D eigenvalue weighted by molar-refractivity contribution is -0.117. The number of nitrogens with one attached hydrogen (secondary N) is 1. The van der Waals surface area contributed by atoms with Crippen LogP contribution in [-0.4, -0.2) is 50.4 Å². The maximum Gasteiger partial charge on any atom is 0.238 e. The second kappa shape index (κ2) is 7.24. The van der Waals surface area contributed by atoms with E-state index in [-0.39, 0.29) is 18.5 Å². The Morgan fingerprint density at radius 2 is 1.86 bits per heavy atom. The van der Waals surface area contributed by atoms with Crippen molar-refractivity contribution in [2.24, 2.45) is 0 Å². The molecule has 0 saturated heterocycles. The Morgan fingerprint density at radius 3 is 2.41 bits per heavy atom. The Labute approximate surface area is 133 Å². The normalized spacial score (nSPS) is 14.7. The Kier molecular flexibility index (Phi) is 6.14. The molecule has 0 heterocycles. The second-order valence-electron chi connectivity index (χ2n) is 6.06. The maximum atomic E-state index is 12.2. The third-order valence-electron chi connectivity index (χ3n) is 4.11. The van der Waals surface area contributed by atoms with E-state index < -0.39 is 15.1 Å². The van der Waals surface area contributed by atoms with Crippen LogP contribution in [0.1, 0.15) is 25.0 Å². The van der Waals surface area contributed by atoms with Crippen LogP contribution < -0.4 is 5.32 Å². The molecule has 0 fully saturated rings. The first-order valence-corrected chi connectivity index (χ1v) is 9.24. The Balaban J connectivity index is 2.70. The Hall–Kier alpha value is -1.40. The molecule has 6 heteroatoms. The van der Waals surface area contributed by atoms with Crippen molar-refractivity contribution in [1.29, 1.82) is 0 Å². The molecule has 1 amide bonds. The third kappa shape index (κ3) is 5.10. The van der Waals surface area contributed by atoms with Gasteiger partial charge in [0, 0.05) is 18.0 Å². The molecule has 22 heavy (non-hydrogen) atoms. The number of rotatable bonds is 6. The highest BCUT2D eigenvalue weighted by molar-refractivity contribution is 7.91. The quantitative estimate of drug-likeness (QED) is 0.868. The molecule has 0 aliphatic heterocycles. The van der Waals surface area contributed by atoms with Gasteiger partial charge in [0.25, 0.3) is 0 Å². The van der Waals surface area contributed by atoms with Crippen molar-refractivity contribution < 1.29 is 13.2 Å². The van der Waals surface area contributed by atoms with Crippen LogP contribution in [0.25, 0.3) is 0 Å². The number of anilines is 1. The van der Waals surface area contributed by atoms with Crippen molar-refractivity contribution in [3.05, 3.63) is 29.3 Å². The number of likely N-dealkylation sites (N-methyl/N-ethyl adjacent to an activating group) is 1. The van der Waals surface area contributed by atoms with E-state index in [1.807, 2.05) is 39.0 Å². The van der Waals surface area contributed by atoms with Gasteiger partial charge in [0.05, 0.1) is 11.8 Å². The van der Waals surface area contributed by atoms with E-state index in [9.17, 15) is 13.2 Å². The summed E-state index contributed by atoms with van der Waals surface area (Å²) in [6.07, 6.45) is 1.22. The fourth-order valence-corrected chi connectivity index (χ4v) is 3.07. The summed E-state index contributed by atoms with van der Waals surface area (Å²) in [5.41, 5.74) is 2.87. The van der Waals surface area contributed by atoms with Crippen LogP contribution in [-0.2, 0) is 14.6 Å². The average Bonchev–Trinajstić information content (AvgIpc) is 2.40. The summed E-state index contributed by atoms with van der Waals surface area (Å²) >= 11 is 0. The van der Waals surface area contributed by atoms with Crippen molar-refractivity contribution in [3.8, 4) is 0 Å². The van der Waals surface area contributed by atoms with E-state index in [1.54, 1.807) is 18.9 Å². The van der Waals surface area contributed by atoms with Crippen LogP contribution in [0.3, 0.4) is 0 Å². The predicted molar refractivity (Wildman–Crippen MR) is 90.9 cm³/mol. The molecule has 0 radical (unpaired) electrons. The van der Waals surface area contributed by atoms with Gasteiger partial charge >= 0.3 is 0 Å². The molecule has 0 unspecified atom stereocenters. The van der Waals surface area contributed by atoms with Gasteiger partial charge < -0.3 is 5.32 Å². The first-order chi connectivity index (χ1) is 10.0. The van der Waals surface area contributed by atoms with E-state index in [2.05, 4.69) is 5.32 Å². The molecule has 124 valence electrons. The Morgan fingerprint density at radius 1 is 1.27 bits per heavy atom. The highest BCUT2D eigenvalue weighted by Crippen LogP contribution is 2.16. The topological polar surface area (TPSA) is 66.5 Å². The number of benzene rings is 1. The predicted octanol–water partition coefficient (Wildman–Crippen LogP) is 2.00. The zero-order chi connectivity index (χ0) is 17.1. The summed E-state index contributed by atoms with van der Waals surface area (Å²) in [4.78, 5) is 13.9. The highest BCUT2D eigenvalue weighted by Gasteiger charge is 2.26. The first-order valence-electron chi connectivity index (χ1n) is 7.28. The molecule has 0 aliphatic rings. The molecule has 0 aliphatic carbocycles. The van der Waals surface area contributed by atoms with Gasteiger partial charge in [0.1, 0.15) is 0 Å². The molecule has 0 saturated carbocycles. The number of carbonyl (C=O) groups is 1. The van der Waals surface area contributed by atoms with E-state index in [1.165, 1.54) is 6.26 Å². The van der Waals surface area contributed by atoms with Gasteiger partial charge in [0.2, 0.25) is 5.91 Å². The molecule has 0 spiro atoms. The zero-order valence-corrected chi connectivity index (χ0v) is 15.0. The monoisotopic (exact) mass is 326 g/mol. The fraction of sp³-hybridized carbons (Fsp3) is 0.562. The number of amides is 1. The molecule has 5 nitrogen and oxygen atoms in total. The van der Waals surface area contributed by atoms with Crippen LogP contribution in [0.15, 0.2) is 18.2 Å². The van der Waals surface area contributed by atoms with Crippen molar-refractivity contribution in [2.45, 2.75) is 39.0 Å². The van der Waals surface area contributed by atoms with Gasteiger partial charge in [-0.2, -0.15) is 0 Å². The van der Waals surface area contributed by atoms with Gasteiger partial charge in [-0.25, -0.2) is 8.42 Å². The lowest BCUT2D eigenvalue weighted by Crippen LogP contribution is -2.44. The molecule has 1 rings (SSSR count). The van der Waals surface area contributed by atoms with Gasteiger partial charge in [-0.1, -0.05) is 12.1 Å². The standard InChI is InChI=1S/C16H26N2O3S/c1-11-7-8-12(2)15(9-11)17-16(19)10-18(5)13(3)14(4)22(6,20)21/h7-9,13-14H,10H2,1-6H3,(H,17,19)/t13-,14-/m0/s1. The van der Waals surface area contributed by atoms with Gasteiger partial charge in [0.15, 0.2) is 9.84 Å². The molecular formula is C16H26N2O3S. The third-order valence-corrected chi connectivity index (χ3v) is 5.85. The van der Waals surface area contributed by atoms with E-state index in [0.29, 0.717) is 0 Å². The van der Waals surface area contributed by atoms with E-state index in [0.717, 1.165) is 16.8 Å². The van der Waals surface area contributed by atoms with Crippen LogP contribution in [0, 0.1) is 13.8 Å². The number of hydrogen-bond donors (Lipinski definition) is 1. The smallest absolute Gasteiger partial charge is 0.238 e. The minimum Gasteiger partial charge on any atom is -0.325 e. The summed E-state index contributed by atoms with van der Waals surface area (Å²) in [5.74, 6) is -0.149. The van der Waals surface area contributed by atoms with Crippen molar-refractivity contribution >= 4 is 21.4 Å². The highest BCUT2D eigenvalue weighted by atomic mass is 32.2. The Bertz CT molecular complexity index is 641. The number of sulfone groups is 1. The van der Waals surface area contributed by atoms with Crippen LogP contribution in [0.5, 0.6) is 0 Å². The molecule has 0 aromatic heterocycles. The van der Waals surface area contributed by atoms with Gasteiger partial charge in [-0.05, 0) is 51.9 Å².